The summed E-state index contributed by atoms with van der Waals surface area (Å²) in [6, 6.07) is 2.89. The van der Waals surface area contributed by atoms with Crippen LogP contribution in [0.1, 0.15) is 45.2 Å². The topological polar surface area (TPSA) is 12.0 Å². The molecular formula is C14H20Cl2FN. The third kappa shape index (κ3) is 4.11. The van der Waals surface area contributed by atoms with Crippen molar-refractivity contribution in [3.63, 3.8) is 0 Å². The highest BCUT2D eigenvalue weighted by atomic mass is 35.5. The summed E-state index contributed by atoms with van der Waals surface area (Å²) in [4.78, 5) is 0. The van der Waals surface area contributed by atoms with Crippen molar-refractivity contribution in [1.82, 2.24) is 5.32 Å². The number of hydrogen-bond donors (Lipinski definition) is 1. The first-order chi connectivity index (χ1) is 8.49. The van der Waals surface area contributed by atoms with Crippen LogP contribution in [0.5, 0.6) is 0 Å². The molecule has 1 unspecified atom stereocenters. The molecule has 4 heteroatoms. The molecule has 0 aliphatic rings. The van der Waals surface area contributed by atoms with Crippen LogP contribution in [0.25, 0.3) is 0 Å². The number of benzene rings is 1. The molecule has 0 saturated carbocycles. The predicted octanol–water partition coefficient (Wildman–Crippen LogP) is 5.22. The van der Waals surface area contributed by atoms with E-state index in [2.05, 4.69) is 19.2 Å². The third-order valence-electron chi connectivity index (χ3n) is 3.37. The summed E-state index contributed by atoms with van der Waals surface area (Å²) in [6.07, 6.45) is 2.28. The fourth-order valence-electron chi connectivity index (χ4n) is 1.90. The number of nitrogens with one attached hydrogen (secondary N) is 1. The van der Waals surface area contributed by atoms with Crippen LogP contribution in [0.4, 0.5) is 4.39 Å². The van der Waals surface area contributed by atoms with E-state index in [1.807, 2.05) is 6.92 Å². The van der Waals surface area contributed by atoms with E-state index in [0.717, 1.165) is 24.9 Å². The fraction of sp³-hybridized carbons (Fsp3) is 0.571. The molecule has 0 amide bonds. The minimum Gasteiger partial charge on any atom is -0.310 e. The molecule has 1 atom stereocenters. The van der Waals surface area contributed by atoms with E-state index in [1.165, 1.54) is 12.1 Å². The van der Waals surface area contributed by atoms with Gasteiger partial charge in [0.1, 0.15) is 5.82 Å². The van der Waals surface area contributed by atoms with Gasteiger partial charge in [-0.15, -0.1) is 0 Å². The minimum atomic E-state index is -0.424. The Bertz CT molecular complexity index is 392. The van der Waals surface area contributed by atoms with Crippen LogP contribution in [0.2, 0.25) is 10.0 Å². The smallest absolute Gasteiger partial charge is 0.142 e. The van der Waals surface area contributed by atoms with E-state index in [1.54, 1.807) is 0 Å². The Labute approximate surface area is 119 Å². The van der Waals surface area contributed by atoms with Crippen molar-refractivity contribution < 1.29 is 4.39 Å². The van der Waals surface area contributed by atoms with Gasteiger partial charge in [-0.05, 0) is 37.1 Å². The summed E-state index contributed by atoms with van der Waals surface area (Å²) in [7, 11) is 0. The Kier molecular flexibility index (Phi) is 6.40. The van der Waals surface area contributed by atoms with Crippen molar-refractivity contribution in [3.8, 4) is 0 Å². The van der Waals surface area contributed by atoms with Gasteiger partial charge in [0, 0.05) is 11.1 Å². The van der Waals surface area contributed by atoms with Crippen LogP contribution >= 0.6 is 23.2 Å². The van der Waals surface area contributed by atoms with Gasteiger partial charge in [-0.3, -0.25) is 0 Å². The summed E-state index contributed by atoms with van der Waals surface area (Å²) in [6.45, 7) is 7.25. The summed E-state index contributed by atoms with van der Waals surface area (Å²) < 4.78 is 13.4. The van der Waals surface area contributed by atoms with Gasteiger partial charge in [0.05, 0.1) is 5.02 Å². The zero-order valence-electron chi connectivity index (χ0n) is 11.1. The van der Waals surface area contributed by atoms with Crippen LogP contribution in [0.3, 0.4) is 0 Å². The molecule has 18 heavy (non-hydrogen) atoms. The molecule has 102 valence electrons. The van der Waals surface area contributed by atoms with Gasteiger partial charge in [-0.25, -0.2) is 4.39 Å². The summed E-state index contributed by atoms with van der Waals surface area (Å²) >= 11 is 11.8. The molecule has 1 N–H and O–H groups in total. The van der Waals surface area contributed by atoms with E-state index in [0.29, 0.717) is 10.9 Å². The molecule has 1 aromatic rings. The van der Waals surface area contributed by atoms with Crippen LogP contribution in [0.15, 0.2) is 12.1 Å². The second-order valence-electron chi connectivity index (χ2n) is 4.60. The molecule has 0 bridgehead atoms. The van der Waals surface area contributed by atoms with E-state index < -0.39 is 5.82 Å². The third-order valence-corrected chi connectivity index (χ3v) is 3.99. The molecule has 0 aliphatic carbocycles. The molecule has 0 radical (unpaired) electrons. The molecule has 0 aliphatic heterocycles. The number of hydrogen-bond acceptors (Lipinski definition) is 1. The number of halogens is 3. The normalized spacial score (nSPS) is 13.1. The highest BCUT2D eigenvalue weighted by Crippen LogP contribution is 2.28. The second kappa shape index (κ2) is 7.32. The monoisotopic (exact) mass is 291 g/mol. The minimum absolute atomic E-state index is 0.0184. The first kappa shape index (κ1) is 15.7. The summed E-state index contributed by atoms with van der Waals surface area (Å²) in [5.41, 5.74) is 0.754. The van der Waals surface area contributed by atoms with Gasteiger partial charge in [0.2, 0.25) is 0 Å². The Morgan fingerprint density at radius 2 is 1.78 bits per heavy atom. The van der Waals surface area contributed by atoms with E-state index in [9.17, 15) is 4.39 Å². The van der Waals surface area contributed by atoms with Gasteiger partial charge < -0.3 is 5.32 Å². The maximum absolute atomic E-state index is 13.4. The quantitative estimate of drug-likeness (QED) is 0.709. The summed E-state index contributed by atoms with van der Waals surface area (Å²) in [5.74, 6) is 0.218. The molecule has 0 saturated heterocycles. The van der Waals surface area contributed by atoms with Crippen LogP contribution < -0.4 is 5.32 Å². The van der Waals surface area contributed by atoms with Crippen LogP contribution in [-0.4, -0.2) is 6.54 Å². The first-order valence-electron chi connectivity index (χ1n) is 6.37. The molecule has 0 aromatic heterocycles. The van der Waals surface area contributed by atoms with Crippen molar-refractivity contribution in [2.45, 2.75) is 39.7 Å². The number of rotatable bonds is 6. The zero-order chi connectivity index (χ0) is 13.7. The zero-order valence-corrected chi connectivity index (χ0v) is 12.6. The lowest BCUT2D eigenvalue weighted by Crippen LogP contribution is -2.25. The molecule has 0 heterocycles. The largest absolute Gasteiger partial charge is 0.310 e. The fourth-order valence-corrected chi connectivity index (χ4v) is 2.45. The van der Waals surface area contributed by atoms with Crippen LogP contribution in [0, 0.1) is 11.7 Å². The van der Waals surface area contributed by atoms with Crippen molar-refractivity contribution in [3.05, 3.63) is 33.6 Å². The maximum Gasteiger partial charge on any atom is 0.142 e. The van der Waals surface area contributed by atoms with Gasteiger partial charge in [0.25, 0.3) is 0 Å². The van der Waals surface area contributed by atoms with Gasteiger partial charge in [-0.1, -0.05) is 49.9 Å². The molecule has 0 spiro atoms. The highest BCUT2D eigenvalue weighted by Gasteiger charge is 2.14. The van der Waals surface area contributed by atoms with Gasteiger partial charge in [-0.2, -0.15) is 0 Å². The van der Waals surface area contributed by atoms with E-state index >= 15 is 0 Å². The molecule has 0 fully saturated rings. The summed E-state index contributed by atoms with van der Waals surface area (Å²) in [5, 5.41) is 3.97. The predicted molar refractivity (Wildman–Crippen MR) is 76.9 cm³/mol. The highest BCUT2D eigenvalue weighted by molar-refractivity contribution is 6.35. The lowest BCUT2D eigenvalue weighted by atomic mass is 10.0. The van der Waals surface area contributed by atoms with E-state index in [-0.39, 0.29) is 11.1 Å². The average Bonchev–Trinajstić information content (AvgIpc) is 2.34. The van der Waals surface area contributed by atoms with E-state index in [4.69, 9.17) is 23.2 Å². The van der Waals surface area contributed by atoms with Crippen molar-refractivity contribution in [1.29, 1.82) is 0 Å². The molecular weight excluding hydrogens is 272 g/mol. The van der Waals surface area contributed by atoms with Gasteiger partial charge >= 0.3 is 0 Å². The Morgan fingerprint density at radius 1 is 1.17 bits per heavy atom. The van der Waals surface area contributed by atoms with Crippen molar-refractivity contribution in [2.75, 3.05) is 6.54 Å². The Balaban J connectivity index is 2.72. The first-order valence-corrected chi connectivity index (χ1v) is 7.12. The van der Waals surface area contributed by atoms with Crippen molar-refractivity contribution >= 4 is 23.2 Å². The maximum atomic E-state index is 13.4. The Morgan fingerprint density at radius 3 is 2.33 bits per heavy atom. The average molecular weight is 292 g/mol. The van der Waals surface area contributed by atoms with Crippen LogP contribution in [-0.2, 0) is 0 Å². The second-order valence-corrected chi connectivity index (χ2v) is 5.41. The lowest BCUT2D eigenvalue weighted by Gasteiger charge is -2.20. The molecule has 1 nitrogen and oxygen atoms in total. The SMILES string of the molecule is CCC(CC)CNC(C)c1cc(F)c(Cl)cc1Cl. The standard InChI is InChI=1S/C14H20Cl2FN/c1-4-10(5-2)8-18-9(3)11-6-14(17)13(16)7-12(11)15/h6-7,9-10,18H,4-5,8H2,1-3H3. The Hall–Kier alpha value is -0.310. The lowest BCUT2D eigenvalue weighted by molar-refractivity contribution is 0.422. The van der Waals surface area contributed by atoms with Crippen molar-refractivity contribution in [2.24, 2.45) is 5.92 Å². The van der Waals surface area contributed by atoms with Gasteiger partial charge in [0.15, 0.2) is 0 Å². The molecule has 1 aromatic carbocycles. The molecule has 1 rings (SSSR count).